The van der Waals surface area contributed by atoms with E-state index in [-0.39, 0.29) is 0 Å². The number of H-pyrrole nitrogens is 1. The smallest absolute Gasteiger partial charge is 0.315 e. The number of rotatable bonds is 5. The summed E-state index contributed by atoms with van der Waals surface area (Å²) in [5.74, 6) is 1.50. The maximum atomic E-state index is 5.47. The second-order valence-corrected chi connectivity index (χ2v) is 4.08. The van der Waals surface area contributed by atoms with Crippen LogP contribution in [-0.2, 0) is 13.0 Å². The second-order valence-electron chi connectivity index (χ2n) is 4.08. The Hall–Kier alpha value is -1.85. The van der Waals surface area contributed by atoms with Gasteiger partial charge in [0, 0.05) is 12.6 Å². The fourth-order valence-corrected chi connectivity index (χ4v) is 1.53. The van der Waals surface area contributed by atoms with E-state index in [0.717, 1.165) is 23.9 Å². The molecule has 1 fully saturated rings. The molecule has 1 aliphatic rings. The van der Waals surface area contributed by atoms with Crippen LogP contribution in [0.1, 0.15) is 24.4 Å². The molecule has 0 aliphatic heterocycles. The molecular weight excluding hydrogens is 206 g/mol. The molecule has 0 aromatic carbocycles. The predicted octanol–water partition coefficient (Wildman–Crippen LogP) is 1.36. The Morgan fingerprint density at radius 2 is 2.38 bits per heavy atom. The van der Waals surface area contributed by atoms with Gasteiger partial charge in [-0.15, -0.1) is 5.10 Å². The molecule has 6 heteroatoms. The van der Waals surface area contributed by atoms with Crippen LogP contribution in [0.5, 0.6) is 0 Å². The molecule has 0 spiro atoms. The van der Waals surface area contributed by atoms with Gasteiger partial charge in [-0.1, -0.05) is 5.10 Å². The van der Waals surface area contributed by atoms with Gasteiger partial charge in [-0.2, -0.15) is 5.10 Å². The molecule has 2 heterocycles. The highest BCUT2D eigenvalue weighted by Crippen LogP contribution is 2.32. The van der Waals surface area contributed by atoms with Gasteiger partial charge in [0.05, 0.1) is 12.2 Å². The number of aromatic amines is 1. The average Bonchev–Trinajstić information content (AvgIpc) is 2.81. The molecule has 0 bridgehead atoms. The van der Waals surface area contributed by atoms with Gasteiger partial charge in [0.25, 0.3) is 0 Å². The van der Waals surface area contributed by atoms with E-state index in [1.807, 2.05) is 6.07 Å². The Labute approximate surface area is 92.5 Å². The number of nitrogens with zero attached hydrogens (tertiary/aromatic N) is 3. The van der Waals surface area contributed by atoms with Gasteiger partial charge in [-0.3, -0.25) is 5.10 Å². The van der Waals surface area contributed by atoms with Crippen LogP contribution in [0.2, 0.25) is 0 Å². The van der Waals surface area contributed by atoms with E-state index in [1.54, 1.807) is 6.20 Å². The zero-order valence-electron chi connectivity index (χ0n) is 8.81. The molecule has 1 saturated carbocycles. The molecule has 16 heavy (non-hydrogen) atoms. The number of hydrogen-bond donors (Lipinski definition) is 2. The van der Waals surface area contributed by atoms with Crippen LogP contribution in [-0.4, -0.2) is 20.4 Å². The lowest BCUT2D eigenvalue weighted by molar-refractivity contribution is 0.491. The molecule has 0 amide bonds. The minimum Gasteiger partial charge on any atom is -0.408 e. The first-order valence-corrected chi connectivity index (χ1v) is 5.44. The van der Waals surface area contributed by atoms with Gasteiger partial charge in [-0.25, -0.2) is 0 Å². The molecule has 84 valence electrons. The first-order valence-electron chi connectivity index (χ1n) is 5.44. The summed E-state index contributed by atoms with van der Waals surface area (Å²) >= 11 is 0. The van der Waals surface area contributed by atoms with E-state index in [0.29, 0.717) is 12.6 Å². The van der Waals surface area contributed by atoms with Crippen LogP contribution in [0, 0.1) is 5.92 Å². The standard InChI is InChI=1S/C10H13N5O/c1-2-7(1)5-9-14-15-10(16-9)11-6-8-3-4-12-13-8/h3-4,7H,1-2,5-6H2,(H,11,15)(H,12,13). The third-order valence-electron chi connectivity index (χ3n) is 2.62. The van der Waals surface area contributed by atoms with Crippen molar-refractivity contribution in [1.29, 1.82) is 0 Å². The van der Waals surface area contributed by atoms with Gasteiger partial charge < -0.3 is 9.73 Å². The Morgan fingerprint density at radius 1 is 1.44 bits per heavy atom. The van der Waals surface area contributed by atoms with Crippen molar-refractivity contribution in [2.24, 2.45) is 5.92 Å². The van der Waals surface area contributed by atoms with E-state index in [9.17, 15) is 0 Å². The lowest BCUT2D eigenvalue weighted by atomic mass is 10.3. The molecule has 6 nitrogen and oxygen atoms in total. The van der Waals surface area contributed by atoms with Crippen molar-refractivity contribution < 1.29 is 4.42 Å². The fourth-order valence-electron chi connectivity index (χ4n) is 1.53. The Bertz CT molecular complexity index is 445. The van der Waals surface area contributed by atoms with Crippen molar-refractivity contribution in [1.82, 2.24) is 20.4 Å². The average molecular weight is 219 g/mol. The molecular formula is C10H13N5O. The highest BCUT2D eigenvalue weighted by Gasteiger charge is 2.24. The molecule has 3 rings (SSSR count). The van der Waals surface area contributed by atoms with E-state index in [4.69, 9.17) is 4.42 Å². The van der Waals surface area contributed by atoms with E-state index < -0.39 is 0 Å². The number of nitrogens with one attached hydrogen (secondary N) is 2. The normalized spacial score (nSPS) is 15.2. The van der Waals surface area contributed by atoms with Crippen molar-refractivity contribution in [3.8, 4) is 0 Å². The van der Waals surface area contributed by atoms with Gasteiger partial charge in [0.2, 0.25) is 5.89 Å². The van der Waals surface area contributed by atoms with E-state index in [1.165, 1.54) is 12.8 Å². The molecule has 0 radical (unpaired) electrons. The Balaban J connectivity index is 1.55. The van der Waals surface area contributed by atoms with Gasteiger partial charge in [-0.05, 0) is 24.8 Å². The third-order valence-corrected chi connectivity index (χ3v) is 2.62. The largest absolute Gasteiger partial charge is 0.408 e. The summed E-state index contributed by atoms with van der Waals surface area (Å²) in [6.45, 7) is 0.616. The zero-order valence-corrected chi connectivity index (χ0v) is 8.81. The first-order chi connectivity index (χ1) is 7.90. The van der Waals surface area contributed by atoms with Crippen LogP contribution in [0.3, 0.4) is 0 Å². The van der Waals surface area contributed by atoms with Gasteiger partial charge >= 0.3 is 6.01 Å². The first kappa shape index (κ1) is 9.38. The second kappa shape index (κ2) is 3.96. The van der Waals surface area contributed by atoms with Crippen molar-refractivity contribution in [2.75, 3.05) is 5.32 Å². The van der Waals surface area contributed by atoms with Crippen LogP contribution in [0.15, 0.2) is 16.7 Å². The highest BCUT2D eigenvalue weighted by atomic mass is 16.4. The predicted molar refractivity (Wildman–Crippen MR) is 56.6 cm³/mol. The molecule has 0 saturated heterocycles. The summed E-state index contributed by atoms with van der Waals surface area (Å²) in [6, 6.07) is 2.37. The number of anilines is 1. The van der Waals surface area contributed by atoms with Gasteiger partial charge in [0.15, 0.2) is 0 Å². The summed E-state index contributed by atoms with van der Waals surface area (Å²) in [6.07, 6.45) is 5.21. The van der Waals surface area contributed by atoms with Crippen LogP contribution in [0.25, 0.3) is 0 Å². The molecule has 0 atom stereocenters. The molecule has 2 aromatic rings. The SMILES string of the molecule is c1cc(CNc2nnc(CC3CC3)o2)[nH]n1. The minimum atomic E-state index is 0.477. The molecule has 2 N–H and O–H groups in total. The topological polar surface area (TPSA) is 79.6 Å². The summed E-state index contributed by atoms with van der Waals surface area (Å²) in [5, 5.41) is 17.7. The lowest BCUT2D eigenvalue weighted by Gasteiger charge is -1.96. The number of hydrogen-bond acceptors (Lipinski definition) is 5. The quantitative estimate of drug-likeness (QED) is 0.793. The van der Waals surface area contributed by atoms with Crippen molar-refractivity contribution in [2.45, 2.75) is 25.8 Å². The van der Waals surface area contributed by atoms with Crippen molar-refractivity contribution in [3.05, 3.63) is 23.8 Å². The van der Waals surface area contributed by atoms with E-state index in [2.05, 4.69) is 25.7 Å². The fraction of sp³-hybridized carbons (Fsp3) is 0.500. The van der Waals surface area contributed by atoms with Crippen molar-refractivity contribution >= 4 is 6.01 Å². The third kappa shape index (κ3) is 2.21. The van der Waals surface area contributed by atoms with Crippen LogP contribution < -0.4 is 5.32 Å². The monoisotopic (exact) mass is 219 g/mol. The summed E-state index contributed by atoms with van der Waals surface area (Å²) in [4.78, 5) is 0. The van der Waals surface area contributed by atoms with E-state index >= 15 is 0 Å². The van der Waals surface area contributed by atoms with Crippen LogP contribution in [0.4, 0.5) is 6.01 Å². The summed E-state index contributed by atoms with van der Waals surface area (Å²) in [7, 11) is 0. The summed E-state index contributed by atoms with van der Waals surface area (Å²) in [5.41, 5.74) is 0.988. The maximum absolute atomic E-state index is 5.47. The summed E-state index contributed by atoms with van der Waals surface area (Å²) < 4.78 is 5.47. The number of aromatic nitrogens is 4. The molecule has 2 aromatic heterocycles. The van der Waals surface area contributed by atoms with Gasteiger partial charge in [0.1, 0.15) is 0 Å². The zero-order chi connectivity index (χ0) is 10.8. The molecule has 0 unspecified atom stereocenters. The van der Waals surface area contributed by atoms with Crippen LogP contribution >= 0.6 is 0 Å². The maximum Gasteiger partial charge on any atom is 0.315 e. The Morgan fingerprint density at radius 3 is 3.12 bits per heavy atom. The van der Waals surface area contributed by atoms with Crippen molar-refractivity contribution in [3.63, 3.8) is 0 Å². The highest BCUT2D eigenvalue weighted by molar-refractivity contribution is 5.19. The minimum absolute atomic E-state index is 0.477. The lowest BCUT2D eigenvalue weighted by Crippen LogP contribution is -1.99. The molecule has 1 aliphatic carbocycles. The Kier molecular flexibility index (Phi) is 2.32.